The van der Waals surface area contributed by atoms with Gasteiger partial charge in [-0.1, -0.05) is 20.8 Å². The normalized spacial score (nSPS) is 11.3. The molecule has 0 bridgehead atoms. The van der Waals surface area contributed by atoms with Gasteiger partial charge in [0, 0.05) is 31.4 Å². The van der Waals surface area contributed by atoms with E-state index in [-0.39, 0.29) is 11.3 Å². The molecule has 3 nitrogen and oxygen atoms in total. The van der Waals surface area contributed by atoms with Crippen molar-refractivity contribution < 1.29 is 4.79 Å². The van der Waals surface area contributed by atoms with Crippen molar-refractivity contribution in [1.82, 2.24) is 9.88 Å². The van der Waals surface area contributed by atoms with Crippen LogP contribution in [-0.4, -0.2) is 29.9 Å². The summed E-state index contributed by atoms with van der Waals surface area (Å²) < 4.78 is 0. The van der Waals surface area contributed by atoms with E-state index in [4.69, 9.17) is 0 Å². The summed E-state index contributed by atoms with van der Waals surface area (Å²) in [6.07, 6.45) is 1.64. The molecule has 1 rings (SSSR count). The number of carbonyl (C=O) groups excluding carboxylic acids is 1. The molecule has 1 aromatic heterocycles. The topological polar surface area (TPSA) is 33.2 Å². The van der Waals surface area contributed by atoms with Crippen molar-refractivity contribution in [2.24, 2.45) is 0 Å². The first-order valence-electron chi connectivity index (χ1n) is 5.00. The first kappa shape index (κ1) is 11.7. The number of hydrogen-bond acceptors (Lipinski definition) is 2. The highest BCUT2D eigenvalue weighted by atomic mass is 16.2. The highest BCUT2D eigenvalue weighted by molar-refractivity contribution is 5.93. The van der Waals surface area contributed by atoms with Crippen LogP contribution < -0.4 is 0 Å². The third kappa shape index (κ3) is 2.78. The highest BCUT2D eigenvalue weighted by Gasteiger charge is 2.16. The summed E-state index contributed by atoms with van der Waals surface area (Å²) in [4.78, 5) is 17.4. The van der Waals surface area contributed by atoms with Crippen LogP contribution in [0.25, 0.3) is 0 Å². The standard InChI is InChI=1S/C12H18N2O/c1-12(2,3)10-7-6-9(8-13-10)11(15)14(4)5/h6-8H,1-5H3. The van der Waals surface area contributed by atoms with Crippen molar-refractivity contribution >= 4 is 5.91 Å². The summed E-state index contributed by atoms with van der Waals surface area (Å²) in [5.74, 6) is -0.0111. The fourth-order valence-corrected chi connectivity index (χ4v) is 1.22. The molecule has 0 aliphatic rings. The molecule has 0 saturated carbocycles. The smallest absolute Gasteiger partial charge is 0.254 e. The number of hydrogen-bond donors (Lipinski definition) is 0. The minimum atomic E-state index is -0.0111. The Morgan fingerprint density at radius 3 is 2.20 bits per heavy atom. The van der Waals surface area contributed by atoms with Crippen LogP contribution in [0.1, 0.15) is 36.8 Å². The van der Waals surface area contributed by atoms with Gasteiger partial charge in [0.2, 0.25) is 0 Å². The SMILES string of the molecule is CN(C)C(=O)c1ccc(C(C)(C)C)nc1. The van der Waals surface area contributed by atoms with Gasteiger partial charge in [0.15, 0.2) is 0 Å². The number of pyridine rings is 1. The van der Waals surface area contributed by atoms with E-state index in [1.165, 1.54) is 0 Å². The van der Waals surface area contributed by atoms with Crippen LogP contribution >= 0.6 is 0 Å². The molecule has 0 saturated heterocycles. The van der Waals surface area contributed by atoms with Crippen molar-refractivity contribution in [3.63, 3.8) is 0 Å². The molecule has 1 aromatic rings. The lowest BCUT2D eigenvalue weighted by Gasteiger charge is -2.18. The minimum Gasteiger partial charge on any atom is -0.345 e. The Kier molecular flexibility index (Phi) is 3.12. The second-order valence-corrected chi connectivity index (χ2v) is 4.88. The molecule has 15 heavy (non-hydrogen) atoms. The molecule has 0 N–H and O–H groups in total. The van der Waals surface area contributed by atoms with Crippen LogP contribution in [0.4, 0.5) is 0 Å². The first-order chi connectivity index (χ1) is 6.82. The molecule has 0 radical (unpaired) electrons. The van der Waals surface area contributed by atoms with E-state index in [1.54, 1.807) is 25.2 Å². The molecular weight excluding hydrogens is 188 g/mol. The minimum absolute atomic E-state index is 0.0111. The highest BCUT2D eigenvalue weighted by Crippen LogP contribution is 2.19. The zero-order valence-corrected chi connectivity index (χ0v) is 10.0. The molecule has 0 unspecified atom stereocenters. The Hall–Kier alpha value is -1.38. The quantitative estimate of drug-likeness (QED) is 0.705. The van der Waals surface area contributed by atoms with Gasteiger partial charge < -0.3 is 4.90 Å². The monoisotopic (exact) mass is 206 g/mol. The third-order valence-corrected chi connectivity index (χ3v) is 2.19. The number of aromatic nitrogens is 1. The Labute approximate surface area is 91.1 Å². The van der Waals surface area contributed by atoms with E-state index in [0.717, 1.165) is 5.69 Å². The Morgan fingerprint density at radius 1 is 1.27 bits per heavy atom. The fourth-order valence-electron chi connectivity index (χ4n) is 1.22. The molecule has 3 heteroatoms. The summed E-state index contributed by atoms with van der Waals surface area (Å²) in [6.45, 7) is 6.30. The van der Waals surface area contributed by atoms with Gasteiger partial charge in [-0.2, -0.15) is 0 Å². The average molecular weight is 206 g/mol. The maximum Gasteiger partial charge on any atom is 0.254 e. The molecule has 0 aliphatic carbocycles. The van der Waals surface area contributed by atoms with Crippen LogP contribution in [0, 0.1) is 0 Å². The van der Waals surface area contributed by atoms with Crippen molar-refractivity contribution in [3.05, 3.63) is 29.6 Å². The second-order valence-electron chi connectivity index (χ2n) is 4.88. The van der Waals surface area contributed by atoms with Crippen LogP contribution in [0.2, 0.25) is 0 Å². The maximum absolute atomic E-state index is 11.6. The summed E-state index contributed by atoms with van der Waals surface area (Å²) >= 11 is 0. The van der Waals surface area contributed by atoms with Gasteiger partial charge in [-0.25, -0.2) is 0 Å². The van der Waals surface area contributed by atoms with E-state index in [1.807, 2.05) is 12.1 Å². The summed E-state index contributed by atoms with van der Waals surface area (Å²) in [5.41, 5.74) is 1.66. The molecule has 0 fully saturated rings. The van der Waals surface area contributed by atoms with Crippen LogP contribution in [0.3, 0.4) is 0 Å². The zero-order valence-electron chi connectivity index (χ0n) is 10.0. The second kappa shape index (κ2) is 4.01. The molecule has 0 aromatic carbocycles. The molecule has 82 valence electrons. The Bertz CT molecular complexity index is 347. The predicted octanol–water partition coefficient (Wildman–Crippen LogP) is 2.08. The summed E-state index contributed by atoms with van der Waals surface area (Å²) in [7, 11) is 3.47. The van der Waals surface area contributed by atoms with Gasteiger partial charge in [0.1, 0.15) is 0 Å². The van der Waals surface area contributed by atoms with Crippen LogP contribution in [0.5, 0.6) is 0 Å². The molecule has 0 atom stereocenters. The number of amides is 1. The summed E-state index contributed by atoms with van der Waals surface area (Å²) in [5, 5.41) is 0. The number of carbonyl (C=O) groups is 1. The van der Waals surface area contributed by atoms with Gasteiger partial charge in [-0.15, -0.1) is 0 Å². The number of nitrogens with zero attached hydrogens (tertiary/aromatic N) is 2. The lowest BCUT2D eigenvalue weighted by molar-refractivity contribution is 0.0827. The van der Waals surface area contributed by atoms with Crippen molar-refractivity contribution in [1.29, 1.82) is 0 Å². The Morgan fingerprint density at radius 2 is 1.87 bits per heavy atom. The van der Waals surface area contributed by atoms with Gasteiger partial charge in [-0.05, 0) is 12.1 Å². The van der Waals surface area contributed by atoms with Gasteiger partial charge in [0.25, 0.3) is 5.91 Å². The van der Waals surface area contributed by atoms with Gasteiger partial charge in [-0.3, -0.25) is 9.78 Å². The van der Waals surface area contributed by atoms with Crippen LogP contribution in [0.15, 0.2) is 18.3 Å². The average Bonchev–Trinajstić information content (AvgIpc) is 2.15. The van der Waals surface area contributed by atoms with E-state index < -0.39 is 0 Å². The van der Waals surface area contributed by atoms with E-state index >= 15 is 0 Å². The molecule has 1 heterocycles. The Balaban J connectivity index is 2.96. The third-order valence-electron chi connectivity index (χ3n) is 2.19. The maximum atomic E-state index is 11.6. The lowest BCUT2D eigenvalue weighted by Crippen LogP contribution is -2.22. The van der Waals surface area contributed by atoms with Crippen molar-refractivity contribution in [2.75, 3.05) is 14.1 Å². The zero-order chi connectivity index (χ0) is 11.6. The summed E-state index contributed by atoms with van der Waals surface area (Å²) in [6, 6.07) is 3.74. The largest absolute Gasteiger partial charge is 0.345 e. The fraction of sp³-hybridized carbons (Fsp3) is 0.500. The van der Waals surface area contributed by atoms with Crippen molar-refractivity contribution in [3.8, 4) is 0 Å². The van der Waals surface area contributed by atoms with Gasteiger partial charge >= 0.3 is 0 Å². The van der Waals surface area contributed by atoms with Crippen molar-refractivity contribution in [2.45, 2.75) is 26.2 Å². The molecule has 1 amide bonds. The molecule has 0 aliphatic heterocycles. The van der Waals surface area contributed by atoms with Crippen LogP contribution in [-0.2, 0) is 5.41 Å². The van der Waals surface area contributed by atoms with E-state index in [2.05, 4.69) is 25.8 Å². The lowest BCUT2D eigenvalue weighted by atomic mass is 9.91. The van der Waals surface area contributed by atoms with E-state index in [0.29, 0.717) is 5.56 Å². The van der Waals surface area contributed by atoms with Gasteiger partial charge in [0.05, 0.1) is 5.56 Å². The first-order valence-corrected chi connectivity index (χ1v) is 5.00. The molecular formula is C12H18N2O. The van der Waals surface area contributed by atoms with E-state index in [9.17, 15) is 4.79 Å². The molecule has 0 spiro atoms. The number of rotatable bonds is 1. The predicted molar refractivity (Wildman–Crippen MR) is 61.0 cm³/mol.